The summed E-state index contributed by atoms with van der Waals surface area (Å²) in [5, 5.41) is 1.46. The molecular weight excluding hydrogens is 282 g/mol. The first-order valence-electron chi connectivity index (χ1n) is 9.00. The first-order chi connectivity index (χ1) is 11.3. The number of rotatable bonds is 4. The summed E-state index contributed by atoms with van der Waals surface area (Å²) in [5.41, 5.74) is 4.43. The van der Waals surface area contributed by atoms with Crippen LogP contribution in [0.4, 0.5) is 0 Å². The molecule has 0 saturated carbocycles. The van der Waals surface area contributed by atoms with Gasteiger partial charge in [-0.05, 0) is 50.6 Å². The average molecular weight is 309 g/mol. The number of hydrogen-bond acceptors (Lipinski definition) is 2. The van der Waals surface area contributed by atoms with Crippen LogP contribution in [-0.2, 0) is 13.0 Å². The fourth-order valence-corrected chi connectivity index (χ4v) is 4.04. The number of aromatic nitrogens is 1. The monoisotopic (exact) mass is 309 g/mol. The largest absolute Gasteiger partial charge is 0.341 e. The summed E-state index contributed by atoms with van der Waals surface area (Å²) >= 11 is 0. The summed E-state index contributed by atoms with van der Waals surface area (Å²) in [6, 6.07) is 8.94. The standard InChI is InChI=1S/C20H27N3/c1-21-13-15-22(16-14-21)11-6-12-23-19-9-4-2-7-17(19)18-8-3-5-10-20(18)23/h2,4-5,7,9-10H,3,6,8,11-16H2,1H3. The maximum absolute atomic E-state index is 2.62. The molecule has 3 nitrogen and oxygen atoms in total. The second-order valence-corrected chi connectivity index (χ2v) is 6.97. The third-order valence-corrected chi connectivity index (χ3v) is 5.41. The molecule has 1 aliphatic carbocycles. The number of hydrogen-bond donors (Lipinski definition) is 0. The number of piperazine rings is 1. The van der Waals surface area contributed by atoms with E-state index in [-0.39, 0.29) is 0 Å². The van der Waals surface area contributed by atoms with E-state index in [1.54, 1.807) is 5.56 Å². The molecule has 1 fully saturated rings. The highest BCUT2D eigenvalue weighted by atomic mass is 15.2. The van der Waals surface area contributed by atoms with E-state index < -0.39 is 0 Å². The molecule has 0 radical (unpaired) electrons. The lowest BCUT2D eigenvalue weighted by Crippen LogP contribution is -2.44. The van der Waals surface area contributed by atoms with Gasteiger partial charge in [0.25, 0.3) is 0 Å². The second-order valence-electron chi connectivity index (χ2n) is 6.97. The fraction of sp³-hybridized carbons (Fsp3) is 0.500. The van der Waals surface area contributed by atoms with Crippen molar-refractivity contribution in [2.24, 2.45) is 0 Å². The Morgan fingerprint density at radius 3 is 2.70 bits per heavy atom. The Labute approximate surface area is 139 Å². The van der Waals surface area contributed by atoms with Gasteiger partial charge >= 0.3 is 0 Å². The van der Waals surface area contributed by atoms with Crippen molar-refractivity contribution in [3.8, 4) is 0 Å². The summed E-state index contributed by atoms with van der Waals surface area (Å²) in [7, 11) is 2.22. The normalized spacial score (nSPS) is 19.3. The van der Waals surface area contributed by atoms with Crippen LogP contribution in [0.15, 0.2) is 30.3 Å². The van der Waals surface area contributed by atoms with Gasteiger partial charge in [0, 0.05) is 49.3 Å². The number of nitrogens with zero attached hydrogens (tertiary/aromatic N) is 3. The molecule has 1 saturated heterocycles. The van der Waals surface area contributed by atoms with Crippen molar-refractivity contribution in [3.63, 3.8) is 0 Å². The molecule has 1 aliphatic heterocycles. The Kier molecular flexibility index (Phi) is 4.23. The molecular formula is C20H27N3. The van der Waals surface area contributed by atoms with Crippen LogP contribution in [0.3, 0.4) is 0 Å². The molecule has 0 unspecified atom stereocenters. The SMILES string of the molecule is CN1CCN(CCCn2c3c(c4ccccc42)CCC=C3)CC1. The minimum absolute atomic E-state index is 1.13. The van der Waals surface area contributed by atoms with E-state index in [4.69, 9.17) is 0 Å². The van der Waals surface area contributed by atoms with Gasteiger partial charge in [0.1, 0.15) is 0 Å². The summed E-state index contributed by atoms with van der Waals surface area (Å²) in [5.74, 6) is 0. The van der Waals surface area contributed by atoms with Gasteiger partial charge in [-0.2, -0.15) is 0 Å². The van der Waals surface area contributed by atoms with E-state index in [0.717, 1.165) is 6.54 Å². The molecule has 23 heavy (non-hydrogen) atoms. The number of fused-ring (bicyclic) bond motifs is 3. The third-order valence-electron chi connectivity index (χ3n) is 5.41. The fourth-order valence-electron chi connectivity index (χ4n) is 4.04. The molecule has 1 aromatic carbocycles. The first kappa shape index (κ1) is 15.0. The van der Waals surface area contributed by atoms with Gasteiger partial charge in [-0.25, -0.2) is 0 Å². The topological polar surface area (TPSA) is 11.4 Å². The number of allylic oxidation sites excluding steroid dienone is 1. The van der Waals surface area contributed by atoms with E-state index in [9.17, 15) is 0 Å². The van der Waals surface area contributed by atoms with Gasteiger partial charge in [-0.1, -0.05) is 24.3 Å². The Morgan fingerprint density at radius 1 is 1.00 bits per heavy atom. The Hall–Kier alpha value is -1.58. The molecule has 0 N–H and O–H groups in total. The minimum Gasteiger partial charge on any atom is -0.341 e. The number of likely N-dealkylation sites (N-methyl/N-ethyl adjacent to an activating group) is 1. The smallest absolute Gasteiger partial charge is 0.0487 e. The average Bonchev–Trinajstić information content (AvgIpc) is 2.91. The van der Waals surface area contributed by atoms with Crippen LogP contribution in [0.1, 0.15) is 24.1 Å². The second kappa shape index (κ2) is 6.50. The highest BCUT2D eigenvalue weighted by molar-refractivity contribution is 5.88. The van der Waals surface area contributed by atoms with Crippen molar-refractivity contribution in [2.75, 3.05) is 39.8 Å². The van der Waals surface area contributed by atoms with E-state index in [2.05, 4.69) is 57.8 Å². The van der Waals surface area contributed by atoms with Gasteiger partial charge in [0.2, 0.25) is 0 Å². The molecule has 2 heterocycles. The summed E-state index contributed by atoms with van der Waals surface area (Å²) in [6.45, 7) is 7.22. The number of aryl methyl sites for hydroxylation is 2. The van der Waals surface area contributed by atoms with Gasteiger partial charge in [-0.15, -0.1) is 0 Å². The van der Waals surface area contributed by atoms with Crippen molar-refractivity contribution < 1.29 is 0 Å². The molecule has 0 atom stereocenters. The third kappa shape index (κ3) is 2.96. The lowest BCUT2D eigenvalue weighted by molar-refractivity contribution is 0.151. The van der Waals surface area contributed by atoms with Gasteiger partial charge in [-0.3, -0.25) is 0 Å². The van der Waals surface area contributed by atoms with Crippen molar-refractivity contribution in [2.45, 2.75) is 25.8 Å². The number of benzene rings is 1. The van der Waals surface area contributed by atoms with Crippen LogP contribution >= 0.6 is 0 Å². The van der Waals surface area contributed by atoms with Crippen LogP contribution in [0.2, 0.25) is 0 Å². The van der Waals surface area contributed by atoms with Crippen LogP contribution in [0.5, 0.6) is 0 Å². The van der Waals surface area contributed by atoms with Crippen molar-refractivity contribution in [1.82, 2.24) is 14.4 Å². The zero-order valence-electron chi connectivity index (χ0n) is 14.2. The van der Waals surface area contributed by atoms with Crippen LogP contribution < -0.4 is 0 Å². The van der Waals surface area contributed by atoms with E-state index in [1.807, 2.05) is 0 Å². The van der Waals surface area contributed by atoms with Crippen molar-refractivity contribution in [1.29, 1.82) is 0 Å². The molecule has 0 spiro atoms. The summed E-state index contributed by atoms with van der Waals surface area (Å²) in [6.07, 6.45) is 8.29. The van der Waals surface area contributed by atoms with Gasteiger partial charge < -0.3 is 14.4 Å². The van der Waals surface area contributed by atoms with Crippen LogP contribution in [0.25, 0.3) is 17.0 Å². The Balaban J connectivity index is 1.50. The van der Waals surface area contributed by atoms with Crippen molar-refractivity contribution in [3.05, 3.63) is 41.6 Å². The first-order valence-corrected chi connectivity index (χ1v) is 9.00. The molecule has 0 amide bonds. The predicted molar refractivity (Wildman–Crippen MR) is 97.8 cm³/mol. The molecule has 122 valence electrons. The van der Waals surface area contributed by atoms with Gasteiger partial charge in [0.15, 0.2) is 0 Å². The molecule has 2 aliphatic rings. The summed E-state index contributed by atoms with van der Waals surface area (Å²) in [4.78, 5) is 5.05. The zero-order chi connectivity index (χ0) is 15.6. The zero-order valence-corrected chi connectivity index (χ0v) is 14.2. The maximum Gasteiger partial charge on any atom is 0.0487 e. The van der Waals surface area contributed by atoms with Gasteiger partial charge in [0.05, 0.1) is 0 Å². The minimum atomic E-state index is 1.13. The summed E-state index contributed by atoms with van der Waals surface area (Å²) < 4.78 is 2.55. The van der Waals surface area contributed by atoms with E-state index in [1.165, 1.54) is 68.6 Å². The van der Waals surface area contributed by atoms with Crippen LogP contribution in [-0.4, -0.2) is 54.1 Å². The van der Waals surface area contributed by atoms with E-state index >= 15 is 0 Å². The lowest BCUT2D eigenvalue weighted by atomic mass is 10.0. The molecule has 1 aromatic heterocycles. The molecule has 4 rings (SSSR count). The Bertz CT molecular complexity index is 705. The highest BCUT2D eigenvalue weighted by Crippen LogP contribution is 2.31. The quantitative estimate of drug-likeness (QED) is 0.859. The maximum atomic E-state index is 2.62. The molecule has 3 heteroatoms. The molecule has 2 aromatic rings. The van der Waals surface area contributed by atoms with E-state index in [0.29, 0.717) is 0 Å². The Morgan fingerprint density at radius 2 is 1.83 bits per heavy atom. The number of para-hydroxylation sites is 1. The highest BCUT2D eigenvalue weighted by Gasteiger charge is 2.17. The van der Waals surface area contributed by atoms with Crippen LogP contribution in [0, 0.1) is 0 Å². The van der Waals surface area contributed by atoms with Crippen molar-refractivity contribution >= 4 is 17.0 Å². The molecule has 0 bridgehead atoms. The predicted octanol–water partition coefficient (Wildman–Crippen LogP) is 3.24. The lowest BCUT2D eigenvalue weighted by Gasteiger charge is -2.32.